The van der Waals surface area contributed by atoms with Gasteiger partial charge in [-0.25, -0.2) is 9.97 Å². The van der Waals surface area contributed by atoms with Crippen molar-refractivity contribution in [1.29, 1.82) is 0 Å². The Bertz CT molecular complexity index is 3190. The number of aromatic nitrogens is 8. The Kier molecular flexibility index (Phi) is 15.7. The van der Waals surface area contributed by atoms with Crippen LogP contribution in [0.5, 0.6) is 0 Å². The zero-order chi connectivity index (χ0) is 50.3. The molecule has 15 nitrogen and oxygen atoms in total. The predicted octanol–water partition coefficient (Wildman–Crippen LogP) is 9.06. The molecule has 4 aromatic heterocycles. The van der Waals surface area contributed by atoms with Crippen LogP contribution in [-0.4, -0.2) is 68.8 Å². The first-order valence-corrected chi connectivity index (χ1v) is 24.8. The van der Waals surface area contributed by atoms with Gasteiger partial charge in [0, 0.05) is 36.7 Å². The number of anilines is 4. The third kappa shape index (κ3) is 11.2. The normalized spacial score (nSPS) is 15.0. The van der Waals surface area contributed by atoms with Gasteiger partial charge in [-0.15, -0.1) is 0 Å². The number of fused-ring (bicyclic) bond motifs is 4. The molecular weight excluding hydrogens is 889 g/mol. The number of rotatable bonds is 12. The molecule has 0 saturated carbocycles. The number of aryl methyl sites for hydroxylation is 10. The second kappa shape index (κ2) is 22.2. The van der Waals surface area contributed by atoms with Crippen LogP contribution in [0.1, 0.15) is 134 Å². The minimum Gasteiger partial charge on any atom is -0.398 e. The van der Waals surface area contributed by atoms with Crippen molar-refractivity contribution in [3.8, 4) is 0 Å². The van der Waals surface area contributed by atoms with Crippen molar-refractivity contribution in [3.63, 3.8) is 0 Å². The Morgan fingerprint density at radius 2 is 1.11 bits per heavy atom. The molecule has 0 fully saturated rings. The molecule has 0 amide bonds. The van der Waals surface area contributed by atoms with E-state index in [9.17, 15) is 9.90 Å². The molecule has 4 aromatic carbocycles. The summed E-state index contributed by atoms with van der Waals surface area (Å²) in [7, 11) is 0. The number of aliphatic hydroxyl groups excluding tert-OH is 2. The van der Waals surface area contributed by atoms with Crippen molar-refractivity contribution < 1.29 is 15.0 Å². The summed E-state index contributed by atoms with van der Waals surface area (Å²) < 4.78 is 4.16. The van der Waals surface area contributed by atoms with E-state index in [-0.39, 0.29) is 25.3 Å². The number of hydrogen-bond donors (Lipinski definition) is 6. The molecule has 15 heteroatoms. The minimum absolute atomic E-state index is 0.00690. The highest BCUT2D eigenvalue weighted by atomic mass is 16.3. The molecule has 2 aliphatic rings. The summed E-state index contributed by atoms with van der Waals surface area (Å²) in [6.45, 7) is 13.3. The Morgan fingerprint density at radius 3 is 1.66 bits per heavy atom. The Balaban J connectivity index is 0.000000161. The standard InChI is InChI=1S/C28H34N6O.C18H19N5O.C10H15NO/c1-17-9-11-21(6-5-13-35)24(14-17)30-16-20-10-12-22-26(15-20)34(28(29)33-22)25-8-4-7-23-27(25)32-19(3)18(2)31-23;1-10-11(2)21-17-14(20-10)4-3-5-15(17)23-16-8-12(9-24)6-7-13(16)22-18(23)19;1-8-4-5-9(3-2-6-12)10(11)7-8/h9-12,14-15,25,30,35H,4-8,13,16H2,1-3H3,(H2,29,33);6-9,15H,3-5H2,1-2H3,(H2,19,22);4-5,7,12H,2-3,6,11H2,1H3. The van der Waals surface area contributed by atoms with E-state index >= 15 is 0 Å². The fourth-order valence-corrected chi connectivity index (χ4v) is 9.81. The first kappa shape index (κ1) is 50.2. The van der Waals surface area contributed by atoms with Gasteiger partial charge in [0.15, 0.2) is 0 Å². The molecule has 9 N–H and O–H groups in total. The van der Waals surface area contributed by atoms with Crippen molar-refractivity contribution in [1.82, 2.24) is 39.0 Å². The molecule has 8 aromatic rings. The maximum atomic E-state index is 11.1. The lowest BCUT2D eigenvalue weighted by atomic mass is 9.94. The van der Waals surface area contributed by atoms with Gasteiger partial charge in [0.05, 0.1) is 79.7 Å². The lowest BCUT2D eigenvalue weighted by molar-refractivity contribution is 0.112. The van der Waals surface area contributed by atoms with E-state index in [4.69, 9.17) is 42.2 Å². The second-order valence-corrected chi connectivity index (χ2v) is 19.0. The fourth-order valence-electron chi connectivity index (χ4n) is 9.81. The topological polar surface area (TPSA) is 235 Å². The summed E-state index contributed by atoms with van der Waals surface area (Å²) in [6.07, 6.45) is 9.98. The summed E-state index contributed by atoms with van der Waals surface area (Å²) in [6, 6.07) is 24.3. The summed E-state index contributed by atoms with van der Waals surface area (Å²) >= 11 is 0. The summed E-state index contributed by atoms with van der Waals surface area (Å²) in [4.78, 5) is 39.6. The van der Waals surface area contributed by atoms with Crippen molar-refractivity contribution in [2.45, 2.75) is 124 Å². The highest BCUT2D eigenvalue weighted by Crippen LogP contribution is 2.38. The number of nitrogen functional groups attached to an aromatic ring is 3. The average molecular weight is 957 g/mol. The molecule has 370 valence electrons. The molecular formula is C56H68N12O3. The fraction of sp³-hybridized carbons (Fsp3) is 0.375. The van der Waals surface area contributed by atoms with Gasteiger partial charge in [-0.2, -0.15) is 0 Å². The summed E-state index contributed by atoms with van der Waals surface area (Å²) in [5.41, 5.74) is 38.6. The van der Waals surface area contributed by atoms with E-state index in [1.54, 1.807) is 6.07 Å². The lowest BCUT2D eigenvalue weighted by Crippen LogP contribution is -2.22. The number of imidazole rings is 2. The Labute approximate surface area is 416 Å². The van der Waals surface area contributed by atoms with E-state index in [1.807, 2.05) is 69.5 Å². The highest BCUT2D eigenvalue weighted by Gasteiger charge is 2.30. The molecule has 0 aliphatic heterocycles. The maximum absolute atomic E-state index is 11.1. The van der Waals surface area contributed by atoms with E-state index < -0.39 is 0 Å². The molecule has 0 spiro atoms. The Morgan fingerprint density at radius 1 is 0.606 bits per heavy atom. The molecule has 0 radical (unpaired) electrons. The summed E-state index contributed by atoms with van der Waals surface area (Å²) in [5, 5.41) is 21.5. The molecule has 4 heterocycles. The van der Waals surface area contributed by atoms with Crippen LogP contribution in [0, 0.1) is 41.5 Å². The number of hydrogen-bond acceptors (Lipinski definition) is 13. The second-order valence-electron chi connectivity index (χ2n) is 19.0. The first-order valence-electron chi connectivity index (χ1n) is 24.8. The van der Waals surface area contributed by atoms with Crippen LogP contribution in [0.3, 0.4) is 0 Å². The van der Waals surface area contributed by atoms with Crippen LogP contribution in [0.4, 0.5) is 23.3 Å². The van der Waals surface area contributed by atoms with Crippen molar-refractivity contribution in [2.24, 2.45) is 0 Å². The number of nitrogens with two attached hydrogens (primary N) is 3. The molecule has 2 unspecified atom stereocenters. The van der Waals surface area contributed by atoms with Gasteiger partial charge in [-0.05, 0) is 176 Å². The van der Waals surface area contributed by atoms with Crippen molar-refractivity contribution >= 4 is 51.6 Å². The van der Waals surface area contributed by atoms with Crippen LogP contribution in [0.15, 0.2) is 72.8 Å². The quantitative estimate of drug-likeness (QED) is 0.0496. The van der Waals surface area contributed by atoms with E-state index in [0.717, 1.165) is 161 Å². The van der Waals surface area contributed by atoms with E-state index in [2.05, 4.69) is 63.2 Å². The molecule has 0 saturated heterocycles. The molecule has 0 bridgehead atoms. The number of carbonyl (C=O) groups excluding carboxylic acids is 1. The van der Waals surface area contributed by atoms with Crippen LogP contribution < -0.4 is 22.5 Å². The number of aldehydes is 1. The van der Waals surface area contributed by atoms with Gasteiger partial charge in [0.1, 0.15) is 6.29 Å². The van der Waals surface area contributed by atoms with E-state index in [1.165, 1.54) is 16.7 Å². The zero-order valence-corrected chi connectivity index (χ0v) is 42.0. The van der Waals surface area contributed by atoms with Crippen LogP contribution in [-0.2, 0) is 32.2 Å². The van der Waals surface area contributed by atoms with Gasteiger partial charge in [0.2, 0.25) is 11.9 Å². The van der Waals surface area contributed by atoms with Gasteiger partial charge < -0.3 is 41.9 Å². The zero-order valence-electron chi connectivity index (χ0n) is 42.0. The molecule has 10 rings (SSSR count). The Hall–Kier alpha value is -7.23. The number of nitrogens with one attached hydrogen (secondary N) is 1. The number of benzene rings is 4. The highest BCUT2D eigenvalue weighted by molar-refractivity contribution is 5.86. The van der Waals surface area contributed by atoms with E-state index in [0.29, 0.717) is 24.0 Å². The SMILES string of the molecule is Cc1ccc(CCCO)c(N)c1.Cc1ccc(CCCO)c(NCc2ccc3nc(N)n(C4CCCc5nc(C)c(C)nc54)c3c2)c1.Cc1nc2c(nc1C)C(n1c(N)nc3ccc(C=O)cc31)CCC2. The summed E-state index contributed by atoms with van der Waals surface area (Å²) in [5.74, 6) is 0.971. The maximum Gasteiger partial charge on any atom is 0.201 e. The predicted molar refractivity (Wildman–Crippen MR) is 284 cm³/mol. The smallest absolute Gasteiger partial charge is 0.201 e. The van der Waals surface area contributed by atoms with Crippen LogP contribution in [0.25, 0.3) is 22.1 Å². The largest absolute Gasteiger partial charge is 0.398 e. The van der Waals surface area contributed by atoms with Crippen molar-refractivity contribution in [2.75, 3.05) is 35.7 Å². The molecule has 2 atom stereocenters. The van der Waals surface area contributed by atoms with Gasteiger partial charge >= 0.3 is 0 Å². The molecule has 2 aliphatic carbocycles. The molecule has 71 heavy (non-hydrogen) atoms. The lowest BCUT2D eigenvalue weighted by Gasteiger charge is -2.27. The average Bonchev–Trinajstić information content (AvgIpc) is 3.87. The van der Waals surface area contributed by atoms with Crippen LogP contribution in [0.2, 0.25) is 0 Å². The third-order valence-corrected chi connectivity index (χ3v) is 13.8. The van der Waals surface area contributed by atoms with Gasteiger partial charge in [0.25, 0.3) is 0 Å². The van der Waals surface area contributed by atoms with Crippen LogP contribution >= 0.6 is 0 Å². The number of aliphatic hydroxyl groups is 2. The monoisotopic (exact) mass is 957 g/mol. The van der Waals surface area contributed by atoms with Crippen molar-refractivity contribution in [3.05, 3.63) is 152 Å². The number of carbonyl (C=O) groups is 1. The third-order valence-electron chi connectivity index (χ3n) is 13.8. The number of nitrogens with zero attached hydrogens (tertiary/aromatic N) is 8. The van der Waals surface area contributed by atoms with Gasteiger partial charge in [-0.1, -0.05) is 30.3 Å². The first-order chi connectivity index (χ1) is 34.3. The minimum atomic E-state index is 0.00690. The van der Waals surface area contributed by atoms with Gasteiger partial charge in [-0.3, -0.25) is 24.7 Å².